The number of benzene rings is 2. The summed E-state index contributed by atoms with van der Waals surface area (Å²) in [6.07, 6.45) is 1.54. The van der Waals surface area contributed by atoms with Crippen LogP contribution in [0.15, 0.2) is 41.4 Å². The third-order valence-corrected chi connectivity index (χ3v) is 3.28. The second-order valence-electron chi connectivity index (χ2n) is 4.49. The van der Waals surface area contributed by atoms with E-state index < -0.39 is 0 Å². The van der Waals surface area contributed by atoms with E-state index in [1.807, 2.05) is 43.3 Å². The number of phenolic OH excluding ortho intramolecular Hbond substituents is 1. The van der Waals surface area contributed by atoms with Crippen molar-refractivity contribution >= 4 is 40.8 Å². The molecule has 0 aliphatic heterocycles. The standard InChI is InChI=1S/C15H14Cl2N2O/c1-19(2)13-5-3-12(4-6-13)18-9-10-7-11(16)8-14(17)15(10)20/h3-9,20H,1-2H3. The fraction of sp³-hybridized carbons (Fsp3) is 0.133. The summed E-state index contributed by atoms with van der Waals surface area (Å²) in [4.78, 5) is 6.31. The highest BCUT2D eigenvalue weighted by Gasteiger charge is 2.05. The molecule has 0 unspecified atom stereocenters. The lowest BCUT2D eigenvalue weighted by Gasteiger charge is -2.11. The van der Waals surface area contributed by atoms with Crippen molar-refractivity contribution in [3.8, 4) is 5.75 Å². The molecule has 0 radical (unpaired) electrons. The molecule has 2 aromatic rings. The summed E-state index contributed by atoms with van der Waals surface area (Å²) >= 11 is 11.8. The Bertz CT molecular complexity index is 637. The van der Waals surface area contributed by atoms with Crippen LogP contribution in [0.5, 0.6) is 5.75 Å². The van der Waals surface area contributed by atoms with Gasteiger partial charge in [-0.05, 0) is 36.4 Å². The maximum Gasteiger partial charge on any atom is 0.143 e. The molecule has 5 heteroatoms. The number of rotatable bonds is 3. The largest absolute Gasteiger partial charge is 0.506 e. The van der Waals surface area contributed by atoms with E-state index in [4.69, 9.17) is 23.2 Å². The van der Waals surface area contributed by atoms with Gasteiger partial charge in [0.25, 0.3) is 0 Å². The van der Waals surface area contributed by atoms with Gasteiger partial charge in [-0.15, -0.1) is 0 Å². The van der Waals surface area contributed by atoms with Crippen LogP contribution in [-0.2, 0) is 0 Å². The van der Waals surface area contributed by atoms with Crippen molar-refractivity contribution < 1.29 is 5.11 Å². The van der Waals surface area contributed by atoms with Gasteiger partial charge in [-0.1, -0.05) is 23.2 Å². The van der Waals surface area contributed by atoms with Crippen LogP contribution in [-0.4, -0.2) is 25.4 Å². The third-order valence-electron chi connectivity index (χ3n) is 2.78. The minimum atomic E-state index is -0.0234. The average Bonchev–Trinajstić information content (AvgIpc) is 2.41. The maximum atomic E-state index is 9.83. The van der Waals surface area contributed by atoms with Gasteiger partial charge in [0.15, 0.2) is 0 Å². The van der Waals surface area contributed by atoms with Crippen molar-refractivity contribution in [3.05, 3.63) is 52.0 Å². The number of nitrogens with zero attached hydrogens (tertiary/aromatic N) is 2. The lowest BCUT2D eigenvalue weighted by Crippen LogP contribution is -2.07. The smallest absolute Gasteiger partial charge is 0.143 e. The summed E-state index contributed by atoms with van der Waals surface area (Å²) in [5, 5.41) is 10.5. The summed E-state index contributed by atoms with van der Waals surface area (Å²) in [6.45, 7) is 0. The normalized spacial score (nSPS) is 11.0. The van der Waals surface area contributed by atoms with Crippen molar-refractivity contribution in [3.63, 3.8) is 0 Å². The molecule has 0 saturated carbocycles. The minimum absolute atomic E-state index is 0.0234. The minimum Gasteiger partial charge on any atom is -0.506 e. The van der Waals surface area contributed by atoms with Crippen molar-refractivity contribution in [2.24, 2.45) is 4.99 Å². The average molecular weight is 309 g/mol. The highest BCUT2D eigenvalue weighted by molar-refractivity contribution is 6.36. The number of hydrogen-bond donors (Lipinski definition) is 1. The van der Waals surface area contributed by atoms with Crippen LogP contribution in [0.25, 0.3) is 0 Å². The fourth-order valence-electron chi connectivity index (χ4n) is 1.67. The molecule has 0 amide bonds. The summed E-state index contributed by atoms with van der Waals surface area (Å²) in [7, 11) is 3.95. The molecule has 0 heterocycles. The van der Waals surface area contributed by atoms with Crippen molar-refractivity contribution in [2.75, 3.05) is 19.0 Å². The highest BCUT2D eigenvalue weighted by Crippen LogP contribution is 2.30. The molecule has 0 aliphatic carbocycles. The molecule has 2 aromatic carbocycles. The van der Waals surface area contributed by atoms with Gasteiger partial charge in [0, 0.05) is 36.6 Å². The Morgan fingerprint density at radius 3 is 2.35 bits per heavy atom. The second kappa shape index (κ2) is 6.16. The highest BCUT2D eigenvalue weighted by atomic mass is 35.5. The summed E-state index contributed by atoms with van der Waals surface area (Å²) < 4.78 is 0. The Labute approximate surface area is 128 Å². The molecule has 0 spiro atoms. The molecule has 0 bridgehead atoms. The van der Waals surface area contributed by atoms with Crippen molar-refractivity contribution in [2.45, 2.75) is 0 Å². The molecule has 0 aromatic heterocycles. The molecule has 104 valence electrons. The first kappa shape index (κ1) is 14.7. The van der Waals surface area contributed by atoms with Crippen LogP contribution >= 0.6 is 23.2 Å². The molecule has 0 aliphatic rings. The molecule has 20 heavy (non-hydrogen) atoms. The lowest BCUT2D eigenvalue weighted by atomic mass is 10.2. The van der Waals surface area contributed by atoms with Crippen LogP contribution in [0.3, 0.4) is 0 Å². The Morgan fingerprint density at radius 1 is 1.10 bits per heavy atom. The van der Waals surface area contributed by atoms with E-state index in [-0.39, 0.29) is 10.8 Å². The van der Waals surface area contributed by atoms with Gasteiger partial charge in [-0.25, -0.2) is 0 Å². The Hall–Kier alpha value is -1.71. The fourth-order valence-corrected chi connectivity index (χ4v) is 2.17. The molecule has 2 rings (SSSR count). The van der Waals surface area contributed by atoms with Gasteiger partial charge in [-0.2, -0.15) is 0 Å². The predicted octanol–water partition coefficient (Wildman–Crippen LogP) is 4.52. The zero-order valence-electron chi connectivity index (χ0n) is 11.1. The quantitative estimate of drug-likeness (QED) is 0.846. The zero-order chi connectivity index (χ0) is 14.7. The van der Waals surface area contributed by atoms with Crippen LogP contribution in [0.1, 0.15) is 5.56 Å². The Balaban J connectivity index is 2.25. The summed E-state index contributed by atoms with van der Waals surface area (Å²) in [6, 6.07) is 10.8. The van der Waals surface area contributed by atoms with E-state index in [2.05, 4.69) is 4.99 Å². The van der Waals surface area contributed by atoms with Crippen LogP contribution < -0.4 is 4.90 Å². The van der Waals surface area contributed by atoms with Gasteiger partial charge >= 0.3 is 0 Å². The number of aromatic hydroxyl groups is 1. The van der Waals surface area contributed by atoms with Gasteiger partial charge in [0.2, 0.25) is 0 Å². The molecule has 0 atom stereocenters. The van der Waals surface area contributed by atoms with Crippen molar-refractivity contribution in [1.29, 1.82) is 0 Å². The van der Waals surface area contributed by atoms with Crippen LogP contribution in [0.4, 0.5) is 11.4 Å². The van der Waals surface area contributed by atoms with Gasteiger partial charge in [0.05, 0.1) is 10.7 Å². The topological polar surface area (TPSA) is 35.8 Å². The van der Waals surface area contributed by atoms with Crippen molar-refractivity contribution in [1.82, 2.24) is 0 Å². The monoisotopic (exact) mass is 308 g/mol. The first-order chi connectivity index (χ1) is 9.47. The van der Waals surface area contributed by atoms with E-state index in [0.717, 1.165) is 11.4 Å². The zero-order valence-corrected chi connectivity index (χ0v) is 12.7. The van der Waals surface area contributed by atoms with Gasteiger partial charge < -0.3 is 10.0 Å². The predicted molar refractivity (Wildman–Crippen MR) is 86.1 cm³/mol. The number of anilines is 1. The number of phenols is 1. The maximum absolute atomic E-state index is 9.83. The van der Waals surface area contributed by atoms with Gasteiger partial charge in [0.1, 0.15) is 5.75 Å². The van der Waals surface area contributed by atoms with E-state index >= 15 is 0 Å². The molecular weight excluding hydrogens is 295 g/mol. The Kier molecular flexibility index (Phi) is 4.53. The van der Waals surface area contributed by atoms with Gasteiger partial charge in [-0.3, -0.25) is 4.99 Å². The molecular formula is C15H14Cl2N2O. The molecule has 0 saturated heterocycles. The van der Waals surface area contributed by atoms with E-state index in [1.54, 1.807) is 6.07 Å². The summed E-state index contributed by atoms with van der Waals surface area (Å²) in [5.41, 5.74) is 2.36. The Morgan fingerprint density at radius 2 is 1.75 bits per heavy atom. The van der Waals surface area contributed by atoms with E-state index in [1.165, 1.54) is 12.3 Å². The molecule has 0 fully saturated rings. The summed E-state index contributed by atoms with van der Waals surface area (Å²) in [5.74, 6) is -0.0234. The number of halogens is 2. The van der Waals surface area contributed by atoms with Crippen LogP contribution in [0.2, 0.25) is 10.0 Å². The molecule has 1 N–H and O–H groups in total. The number of aliphatic imine (C=N–C) groups is 1. The lowest BCUT2D eigenvalue weighted by molar-refractivity contribution is 0.475. The second-order valence-corrected chi connectivity index (χ2v) is 5.34. The first-order valence-corrected chi connectivity index (χ1v) is 6.72. The van der Waals surface area contributed by atoms with Crippen LogP contribution in [0, 0.1) is 0 Å². The first-order valence-electron chi connectivity index (χ1n) is 5.97. The SMILES string of the molecule is CN(C)c1ccc(N=Cc2cc(Cl)cc(Cl)c2O)cc1. The van der Waals surface area contributed by atoms with E-state index in [9.17, 15) is 5.11 Å². The van der Waals surface area contributed by atoms with E-state index in [0.29, 0.717) is 10.6 Å². The molecule has 3 nitrogen and oxygen atoms in total. The number of hydrogen-bond acceptors (Lipinski definition) is 3. The third kappa shape index (κ3) is 3.44.